The number of rotatable bonds is 4. The first-order valence-electron chi connectivity index (χ1n) is 7.11. The van der Waals surface area contributed by atoms with Crippen molar-refractivity contribution in [3.05, 3.63) is 24.0 Å². The molecule has 3 N–H and O–H groups in total. The van der Waals surface area contributed by atoms with Crippen molar-refractivity contribution in [3.8, 4) is 0 Å². The van der Waals surface area contributed by atoms with E-state index in [1.54, 1.807) is 0 Å². The third kappa shape index (κ3) is 4.49. The van der Waals surface area contributed by atoms with Crippen molar-refractivity contribution in [1.29, 1.82) is 0 Å². The van der Waals surface area contributed by atoms with Gasteiger partial charge in [-0.05, 0) is 31.0 Å². The second-order valence-electron chi connectivity index (χ2n) is 5.20. The van der Waals surface area contributed by atoms with Gasteiger partial charge in [0.25, 0.3) is 0 Å². The quantitative estimate of drug-likeness (QED) is 0.658. The Morgan fingerprint density at radius 2 is 2.00 bits per heavy atom. The number of ether oxygens (including phenoxy) is 1. The first-order valence-corrected chi connectivity index (χ1v) is 7.11. The van der Waals surface area contributed by atoms with Crippen LogP contribution in [0.25, 0.3) is 0 Å². The highest BCUT2D eigenvalue weighted by molar-refractivity contribution is 5.94. The van der Waals surface area contributed by atoms with Crippen molar-refractivity contribution in [1.82, 2.24) is 0 Å². The largest absolute Gasteiger partial charge is 0.397 e. The van der Waals surface area contributed by atoms with Crippen LogP contribution >= 0.6 is 0 Å². The summed E-state index contributed by atoms with van der Waals surface area (Å²) in [5.41, 5.74) is 6.27. The molecule has 0 bridgehead atoms. The topological polar surface area (TPSA) is 64.3 Å². The average molecular weight is 280 g/mol. The summed E-state index contributed by atoms with van der Waals surface area (Å²) in [7, 11) is 0. The van der Waals surface area contributed by atoms with Gasteiger partial charge in [-0.2, -0.15) is 0 Å². The molecule has 0 spiro atoms. The monoisotopic (exact) mass is 280 g/mol. The van der Waals surface area contributed by atoms with Crippen LogP contribution in [0.2, 0.25) is 0 Å². The van der Waals surface area contributed by atoms with Crippen molar-refractivity contribution >= 4 is 17.3 Å². The van der Waals surface area contributed by atoms with E-state index in [0.717, 1.165) is 25.7 Å². The molecule has 1 aromatic carbocycles. The number of carbonyl (C=O) groups excluding carboxylic acids is 1. The highest BCUT2D eigenvalue weighted by atomic mass is 19.1. The van der Waals surface area contributed by atoms with E-state index in [0.29, 0.717) is 5.69 Å². The van der Waals surface area contributed by atoms with Gasteiger partial charge in [0.15, 0.2) is 0 Å². The van der Waals surface area contributed by atoms with E-state index in [2.05, 4.69) is 5.32 Å². The molecule has 110 valence electrons. The Morgan fingerprint density at radius 1 is 1.30 bits per heavy atom. The number of nitrogens with one attached hydrogen (secondary N) is 1. The zero-order chi connectivity index (χ0) is 14.4. The lowest BCUT2D eigenvalue weighted by Crippen LogP contribution is -2.23. The summed E-state index contributed by atoms with van der Waals surface area (Å²) in [5, 5.41) is 2.64. The number of hydrogen-bond donors (Lipinski definition) is 2. The molecule has 2 rings (SSSR count). The van der Waals surface area contributed by atoms with Crippen LogP contribution in [0.15, 0.2) is 18.2 Å². The Labute approximate surface area is 118 Å². The van der Waals surface area contributed by atoms with E-state index < -0.39 is 5.82 Å². The molecule has 20 heavy (non-hydrogen) atoms. The van der Waals surface area contributed by atoms with Crippen LogP contribution in [0.4, 0.5) is 15.8 Å². The first-order chi connectivity index (χ1) is 9.65. The molecule has 1 aliphatic rings. The molecule has 4 nitrogen and oxygen atoms in total. The van der Waals surface area contributed by atoms with E-state index in [1.165, 1.54) is 31.0 Å². The van der Waals surface area contributed by atoms with Gasteiger partial charge in [0.1, 0.15) is 12.4 Å². The predicted octanol–water partition coefficient (Wildman–Crippen LogP) is 3.09. The number of nitrogens with two attached hydrogens (primary N) is 1. The van der Waals surface area contributed by atoms with Gasteiger partial charge in [-0.3, -0.25) is 4.79 Å². The van der Waals surface area contributed by atoms with E-state index >= 15 is 0 Å². The van der Waals surface area contributed by atoms with Gasteiger partial charge in [-0.15, -0.1) is 0 Å². The van der Waals surface area contributed by atoms with Crippen LogP contribution < -0.4 is 11.1 Å². The van der Waals surface area contributed by atoms with Crippen molar-refractivity contribution in [2.24, 2.45) is 0 Å². The Hall–Kier alpha value is -1.62. The minimum atomic E-state index is -0.421. The van der Waals surface area contributed by atoms with Crippen molar-refractivity contribution in [3.63, 3.8) is 0 Å². The fraction of sp³-hybridized carbons (Fsp3) is 0.533. The fourth-order valence-corrected chi connectivity index (χ4v) is 2.44. The molecule has 1 amide bonds. The molecule has 0 aromatic heterocycles. The lowest BCUT2D eigenvalue weighted by Gasteiger charge is -2.15. The second kappa shape index (κ2) is 7.24. The predicted molar refractivity (Wildman–Crippen MR) is 76.9 cm³/mol. The van der Waals surface area contributed by atoms with Gasteiger partial charge < -0.3 is 15.8 Å². The molecule has 1 saturated carbocycles. The number of hydrogen-bond acceptors (Lipinski definition) is 3. The second-order valence-corrected chi connectivity index (χ2v) is 5.20. The molecule has 1 aliphatic carbocycles. The van der Waals surface area contributed by atoms with Crippen LogP contribution in [0, 0.1) is 5.82 Å². The lowest BCUT2D eigenvalue weighted by atomic mass is 10.1. The van der Waals surface area contributed by atoms with Crippen LogP contribution in [0.5, 0.6) is 0 Å². The third-order valence-corrected chi connectivity index (χ3v) is 3.54. The van der Waals surface area contributed by atoms with Gasteiger partial charge in [-0.25, -0.2) is 4.39 Å². The van der Waals surface area contributed by atoms with E-state index in [4.69, 9.17) is 10.5 Å². The molecular weight excluding hydrogens is 259 g/mol. The summed E-state index contributed by atoms with van der Waals surface area (Å²) < 4.78 is 18.5. The van der Waals surface area contributed by atoms with E-state index in [9.17, 15) is 9.18 Å². The van der Waals surface area contributed by atoms with Crippen LogP contribution in [0.3, 0.4) is 0 Å². The zero-order valence-corrected chi connectivity index (χ0v) is 11.5. The van der Waals surface area contributed by atoms with Crippen LogP contribution in [0.1, 0.15) is 38.5 Å². The summed E-state index contributed by atoms with van der Waals surface area (Å²) in [5.74, 6) is -0.678. The standard InChI is InChI=1S/C15H21FN2O2/c16-11-7-8-14(13(17)9-11)18-15(19)10-20-12-5-3-1-2-4-6-12/h7-9,12H,1-6,10,17H2,(H,18,19). The molecular formula is C15H21FN2O2. The zero-order valence-electron chi connectivity index (χ0n) is 11.5. The maximum absolute atomic E-state index is 12.9. The molecule has 1 fully saturated rings. The Balaban J connectivity index is 1.79. The average Bonchev–Trinajstić information content (AvgIpc) is 2.68. The summed E-state index contributed by atoms with van der Waals surface area (Å²) in [6.45, 7) is 0.0154. The van der Waals surface area contributed by atoms with Crippen LogP contribution in [-0.4, -0.2) is 18.6 Å². The Morgan fingerprint density at radius 3 is 2.65 bits per heavy atom. The summed E-state index contributed by atoms with van der Waals surface area (Å²) >= 11 is 0. The number of nitrogen functional groups attached to an aromatic ring is 1. The number of anilines is 2. The molecule has 1 aromatic rings. The SMILES string of the molecule is Nc1cc(F)ccc1NC(=O)COC1CCCCCC1. The summed E-state index contributed by atoms with van der Waals surface area (Å²) in [4.78, 5) is 11.8. The smallest absolute Gasteiger partial charge is 0.250 e. The third-order valence-electron chi connectivity index (χ3n) is 3.54. The van der Waals surface area contributed by atoms with Crippen molar-refractivity contribution < 1.29 is 13.9 Å². The minimum Gasteiger partial charge on any atom is -0.397 e. The van der Waals surface area contributed by atoms with Gasteiger partial charge in [0, 0.05) is 0 Å². The summed E-state index contributed by atoms with van der Waals surface area (Å²) in [6, 6.07) is 3.90. The molecule has 0 radical (unpaired) electrons. The molecule has 0 saturated heterocycles. The van der Waals surface area contributed by atoms with Gasteiger partial charge in [0.05, 0.1) is 17.5 Å². The molecule has 0 aliphatic heterocycles. The fourth-order valence-electron chi connectivity index (χ4n) is 2.44. The molecule has 5 heteroatoms. The maximum atomic E-state index is 12.9. The first kappa shape index (κ1) is 14.8. The minimum absolute atomic E-state index is 0.0154. The van der Waals surface area contributed by atoms with E-state index in [-0.39, 0.29) is 24.3 Å². The Kier molecular flexibility index (Phi) is 5.35. The lowest BCUT2D eigenvalue weighted by molar-refractivity contribution is -0.122. The normalized spacial score (nSPS) is 16.6. The molecule has 0 heterocycles. The number of amides is 1. The van der Waals surface area contributed by atoms with E-state index in [1.807, 2.05) is 0 Å². The van der Waals surface area contributed by atoms with Crippen molar-refractivity contribution in [2.75, 3.05) is 17.7 Å². The highest BCUT2D eigenvalue weighted by Crippen LogP contribution is 2.21. The summed E-state index contributed by atoms with van der Waals surface area (Å²) in [6.07, 6.45) is 7.04. The highest BCUT2D eigenvalue weighted by Gasteiger charge is 2.14. The molecule has 0 atom stereocenters. The maximum Gasteiger partial charge on any atom is 0.250 e. The number of benzene rings is 1. The van der Waals surface area contributed by atoms with Gasteiger partial charge in [0.2, 0.25) is 5.91 Å². The van der Waals surface area contributed by atoms with Crippen molar-refractivity contribution in [2.45, 2.75) is 44.6 Å². The Bertz CT molecular complexity index is 457. The van der Waals surface area contributed by atoms with Crippen LogP contribution in [-0.2, 0) is 9.53 Å². The van der Waals surface area contributed by atoms with Gasteiger partial charge in [-0.1, -0.05) is 25.7 Å². The molecule has 0 unspecified atom stereocenters. The van der Waals surface area contributed by atoms with Gasteiger partial charge >= 0.3 is 0 Å². The number of halogens is 1. The number of carbonyl (C=O) groups is 1.